The van der Waals surface area contributed by atoms with Crippen molar-refractivity contribution < 1.29 is 33.0 Å². The van der Waals surface area contributed by atoms with Gasteiger partial charge in [-0.3, -0.25) is 9.69 Å². The van der Waals surface area contributed by atoms with Crippen LogP contribution in [0.2, 0.25) is 0 Å². The van der Waals surface area contributed by atoms with Crippen LogP contribution in [-0.4, -0.2) is 33.2 Å². The Hall–Kier alpha value is -4.73. The van der Waals surface area contributed by atoms with Gasteiger partial charge in [-0.15, -0.1) is 0 Å². The van der Waals surface area contributed by atoms with E-state index in [-0.39, 0.29) is 35.8 Å². The zero-order valence-electron chi connectivity index (χ0n) is 21.2. The Bertz CT molecular complexity index is 1700. The maximum absolute atomic E-state index is 13.7. The molecular weight excluding hydrogens is 522 g/mol. The molecule has 0 unspecified atom stereocenters. The Kier molecular flexibility index (Phi) is 6.45. The highest BCUT2D eigenvalue weighted by Crippen LogP contribution is 2.43. The molecule has 1 fully saturated rings. The van der Waals surface area contributed by atoms with Crippen molar-refractivity contribution in [1.82, 2.24) is 9.47 Å². The van der Waals surface area contributed by atoms with Crippen molar-refractivity contribution in [3.8, 4) is 16.9 Å². The van der Waals surface area contributed by atoms with Gasteiger partial charge in [-0.2, -0.15) is 8.78 Å². The summed E-state index contributed by atoms with van der Waals surface area (Å²) in [6.07, 6.45) is 2.21. The standard InChI is InChI=1S/C30H24F2N2O6/c31-29(32)40-27-22(10-11-23-25(27)34(21-8-9-21)15-24(26(23)35)28(36)37)18-6-7-19-13-33(14-20(19)12-18)30(38)39-16-17-4-2-1-3-5-17/h1-7,10-12,15,21,29H,8-9,13-14,16H2,(H,36,37). The van der Waals surface area contributed by atoms with Crippen LogP contribution in [0.1, 0.15) is 45.9 Å². The molecule has 40 heavy (non-hydrogen) atoms. The summed E-state index contributed by atoms with van der Waals surface area (Å²) < 4.78 is 39.4. The SMILES string of the molecule is O=C(O)c1cn(C2CC2)c2c(OC(F)F)c(-c3ccc4c(c3)CN(C(=O)OCc3ccccc3)C4)ccc2c1=O. The predicted molar refractivity (Wildman–Crippen MR) is 141 cm³/mol. The molecular formula is C30H24F2N2O6. The Balaban J connectivity index is 1.36. The molecule has 0 radical (unpaired) electrons. The fourth-order valence-electron chi connectivity index (χ4n) is 5.15. The summed E-state index contributed by atoms with van der Waals surface area (Å²) in [5, 5.41) is 9.54. The molecule has 3 aromatic carbocycles. The first-order chi connectivity index (χ1) is 19.3. The summed E-state index contributed by atoms with van der Waals surface area (Å²) in [6, 6.07) is 17.6. The second kappa shape index (κ2) is 10.1. The highest BCUT2D eigenvalue weighted by Gasteiger charge is 2.31. The number of aromatic nitrogens is 1. The number of halogens is 2. The van der Waals surface area contributed by atoms with Gasteiger partial charge in [-0.25, -0.2) is 9.59 Å². The number of alkyl halides is 2. The second-order valence-electron chi connectivity index (χ2n) is 9.91. The minimum absolute atomic E-state index is 0.000281. The van der Waals surface area contributed by atoms with Crippen LogP contribution in [0.3, 0.4) is 0 Å². The van der Waals surface area contributed by atoms with Crippen molar-refractivity contribution in [2.45, 2.75) is 45.2 Å². The Morgan fingerprint density at radius 2 is 1.75 bits per heavy atom. The normalized spacial score (nSPS) is 14.4. The van der Waals surface area contributed by atoms with Crippen molar-refractivity contribution in [2.75, 3.05) is 0 Å². The number of benzene rings is 3. The number of carboxylic acid groups (broad SMARTS) is 1. The maximum atomic E-state index is 13.7. The fourth-order valence-corrected chi connectivity index (χ4v) is 5.15. The van der Waals surface area contributed by atoms with E-state index in [2.05, 4.69) is 0 Å². The monoisotopic (exact) mass is 546 g/mol. The molecule has 1 aromatic heterocycles. The van der Waals surface area contributed by atoms with E-state index in [4.69, 9.17) is 9.47 Å². The molecule has 4 aromatic rings. The number of hydrogen-bond acceptors (Lipinski definition) is 5. The molecule has 2 heterocycles. The largest absolute Gasteiger partial charge is 0.477 e. The first kappa shape index (κ1) is 25.5. The third-order valence-corrected chi connectivity index (χ3v) is 7.23. The number of hydrogen-bond donors (Lipinski definition) is 1. The molecule has 1 saturated carbocycles. The minimum atomic E-state index is -3.17. The fraction of sp³-hybridized carbons (Fsp3) is 0.233. The summed E-state index contributed by atoms with van der Waals surface area (Å²) in [4.78, 5) is 38.9. The van der Waals surface area contributed by atoms with Crippen LogP contribution in [0.4, 0.5) is 13.6 Å². The van der Waals surface area contributed by atoms with Crippen LogP contribution in [0, 0.1) is 0 Å². The topological polar surface area (TPSA) is 98.1 Å². The molecule has 8 nitrogen and oxygen atoms in total. The number of fused-ring (bicyclic) bond motifs is 2. The van der Waals surface area contributed by atoms with Crippen LogP contribution in [0.15, 0.2) is 71.7 Å². The van der Waals surface area contributed by atoms with Gasteiger partial charge in [0.05, 0.1) is 10.9 Å². The molecule has 2 aliphatic rings. The lowest BCUT2D eigenvalue weighted by molar-refractivity contribution is -0.0486. The van der Waals surface area contributed by atoms with E-state index in [1.807, 2.05) is 42.5 Å². The Morgan fingerprint density at radius 1 is 1.00 bits per heavy atom. The predicted octanol–water partition coefficient (Wildman–Crippen LogP) is 5.96. The van der Waals surface area contributed by atoms with Gasteiger partial charge in [-0.05, 0) is 53.3 Å². The maximum Gasteiger partial charge on any atom is 0.410 e. The Morgan fingerprint density at radius 3 is 2.45 bits per heavy atom. The highest BCUT2D eigenvalue weighted by molar-refractivity contribution is 5.97. The summed E-state index contributed by atoms with van der Waals surface area (Å²) in [7, 11) is 0. The molecule has 6 rings (SSSR count). The molecule has 0 spiro atoms. The number of ether oxygens (including phenoxy) is 2. The van der Waals surface area contributed by atoms with E-state index in [9.17, 15) is 28.3 Å². The van der Waals surface area contributed by atoms with Crippen LogP contribution in [-0.2, 0) is 24.4 Å². The number of carbonyl (C=O) groups excluding carboxylic acids is 1. The van der Waals surface area contributed by atoms with E-state index in [0.717, 1.165) is 29.5 Å². The number of carbonyl (C=O) groups is 2. The molecule has 0 saturated heterocycles. The lowest BCUT2D eigenvalue weighted by atomic mass is 9.97. The van der Waals surface area contributed by atoms with Crippen LogP contribution in [0.5, 0.6) is 5.75 Å². The van der Waals surface area contributed by atoms with Crippen molar-refractivity contribution in [1.29, 1.82) is 0 Å². The quantitative estimate of drug-likeness (QED) is 0.307. The zero-order valence-corrected chi connectivity index (χ0v) is 21.2. The number of nitrogens with zero attached hydrogens (tertiary/aromatic N) is 2. The molecule has 1 amide bonds. The summed E-state index contributed by atoms with van der Waals surface area (Å²) >= 11 is 0. The molecule has 0 bridgehead atoms. The van der Waals surface area contributed by atoms with Gasteiger partial charge in [0, 0.05) is 30.9 Å². The van der Waals surface area contributed by atoms with Crippen molar-refractivity contribution in [3.05, 3.63) is 99.3 Å². The van der Waals surface area contributed by atoms with E-state index in [1.54, 1.807) is 15.5 Å². The molecule has 10 heteroatoms. The molecule has 204 valence electrons. The third-order valence-electron chi connectivity index (χ3n) is 7.23. The molecule has 1 aliphatic heterocycles. The van der Waals surface area contributed by atoms with Gasteiger partial charge < -0.3 is 19.1 Å². The number of amides is 1. The van der Waals surface area contributed by atoms with Gasteiger partial charge in [0.25, 0.3) is 0 Å². The third kappa shape index (κ3) is 4.76. The zero-order chi connectivity index (χ0) is 28.0. The number of pyridine rings is 1. The molecule has 1 aliphatic carbocycles. The Labute approximate surface area is 227 Å². The van der Waals surface area contributed by atoms with E-state index < -0.39 is 29.7 Å². The number of carboxylic acids is 1. The van der Waals surface area contributed by atoms with E-state index >= 15 is 0 Å². The lowest BCUT2D eigenvalue weighted by Crippen LogP contribution is -2.25. The van der Waals surface area contributed by atoms with E-state index in [0.29, 0.717) is 17.7 Å². The number of aromatic carboxylic acids is 1. The van der Waals surface area contributed by atoms with Gasteiger partial charge in [0.2, 0.25) is 5.43 Å². The van der Waals surface area contributed by atoms with Crippen LogP contribution in [0.25, 0.3) is 22.0 Å². The number of rotatable bonds is 7. The van der Waals surface area contributed by atoms with Crippen molar-refractivity contribution in [2.24, 2.45) is 0 Å². The van der Waals surface area contributed by atoms with Crippen molar-refractivity contribution >= 4 is 23.0 Å². The van der Waals surface area contributed by atoms with E-state index in [1.165, 1.54) is 18.3 Å². The molecule has 0 atom stereocenters. The summed E-state index contributed by atoms with van der Waals surface area (Å²) in [5.74, 6) is -1.57. The van der Waals surface area contributed by atoms with Crippen LogP contribution < -0.4 is 10.2 Å². The van der Waals surface area contributed by atoms with Gasteiger partial charge >= 0.3 is 18.7 Å². The average molecular weight is 547 g/mol. The highest BCUT2D eigenvalue weighted by atomic mass is 19.3. The van der Waals surface area contributed by atoms with Crippen molar-refractivity contribution in [3.63, 3.8) is 0 Å². The van der Waals surface area contributed by atoms with Crippen LogP contribution >= 0.6 is 0 Å². The molecule has 1 N–H and O–H groups in total. The first-order valence-corrected chi connectivity index (χ1v) is 12.8. The second-order valence-corrected chi connectivity index (χ2v) is 9.91. The average Bonchev–Trinajstić information content (AvgIpc) is 3.70. The minimum Gasteiger partial charge on any atom is -0.477 e. The smallest absolute Gasteiger partial charge is 0.410 e. The summed E-state index contributed by atoms with van der Waals surface area (Å²) in [6.45, 7) is -2.39. The first-order valence-electron chi connectivity index (χ1n) is 12.8. The lowest BCUT2D eigenvalue weighted by Gasteiger charge is -2.19. The van der Waals surface area contributed by atoms with Gasteiger partial charge in [0.1, 0.15) is 12.2 Å². The van der Waals surface area contributed by atoms with Gasteiger partial charge in [-0.1, -0.05) is 42.5 Å². The summed E-state index contributed by atoms with van der Waals surface area (Å²) in [5.41, 5.74) is 2.46. The van der Waals surface area contributed by atoms with Gasteiger partial charge in [0.15, 0.2) is 5.75 Å².